The van der Waals surface area contributed by atoms with Crippen molar-refractivity contribution >= 4 is 34.8 Å². The first-order valence-electron chi connectivity index (χ1n) is 5.49. The van der Waals surface area contributed by atoms with Crippen LogP contribution in [0, 0.1) is 0 Å². The molecule has 1 rings (SSSR count). The summed E-state index contributed by atoms with van der Waals surface area (Å²) in [5, 5.41) is 6.79. The van der Waals surface area contributed by atoms with E-state index < -0.39 is 0 Å². The summed E-state index contributed by atoms with van der Waals surface area (Å²) in [6.45, 7) is 2.51. The summed E-state index contributed by atoms with van der Waals surface area (Å²) in [6.07, 6.45) is 0. The number of rotatable bonds is 6. The first-order chi connectivity index (χ1) is 8.51. The van der Waals surface area contributed by atoms with Gasteiger partial charge in [0.15, 0.2) is 0 Å². The molecule has 1 atom stereocenters. The first kappa shape index (κ1) is 15.1. The normalized spacial score (nSPS) is 12.0. The van der Waals surface area contributed by atoms with E-state index in [2.05, 4.69) is 10.6 Å². The van der Waals surface area contributed by atoms with E-state index in [1.165, 1.54) is 0 Å². The maximum Gasteiger partial charge on any atom is 0.239 e. The summed E-state index contributed by atoms with van der Waals surface area (Å²) in [7, 11) is 1.59. The molecular weight excluding hydrogens is 275 g/mol. The van der Waals surface area contributed by atoms with Gasteiger partial charge in [0.1, 0.15) is 0 Å². The van der Waals surface area contributed by atoms with E-state index in [0.29, 0.717) is 22.3 Å². The maximum atomic E-state index is 11.6. The molecule has 18 heavy (non-hydrogen) atoms. The predicted molar refractivity (Wildman–Crippen MR) is 74.4 cm³/mol. The highest BCUT2D eigenvalue weighted by atomic mass is 35.5. The minimum absolute atomic E-state index is 0.0211. The van der Waals surface area contributed by atoms with Crippen LogP contribution in [0.5, 0.6) is 0 Å². The molecule has 0 radical (unpaired) electrons. The Kier molecular flexibility index (Phi) is 6.25. The molecular formula is C12H16Cl2N2O2. The van der Waals surface area contributed by atoms with E-state index in [0.717, 1.165) is 0 Å². The second kappa shape index (κ2) is 7.46. The van der Waals surface area contributed by atoms with E-state index in [-0.39, 0.29) is 18.5 Å². The van der Waals surface area contributed by atoms with E-state index in [9.17, 15) is 4.79 Å². The van der Waals surface area contributed by atoms with E-state index in [4.69, 9.17) is 27.9 Å². The van der Waals surface area contributed by atoms with Crippen molar-refractivity contribution in [1.29, 1.82) is 0 Å². The number of carbonyl (C=O) groups excluding carboxylic acids is 1. The van der Waals surface area contributed by atoms with Crippen LogP contribution < -0.4 is 10.6 Å². The third-order valence-electron chi connectivity index (χ3n) is 2.14. The van der Waals surface area contributed by atoms with Gasteiger partial charge in [-0.1, -0.05) is 23.2 Å². The van der Waals surface area contributed by atoms with Crippen LogP contribution in [-0.4, -0.2) is 32.2 Å². The van der Waals surface area contributed by atoms with Crippen LogP contribution in [0.2, 0.25) is 10.0 Å². The molecule has 0 aromatic heterocycles. The van der Waals surface area contributed by atoms with Crippen LogP contribution in [-0.2, 0) is 9.53 Å². The summed E-state index contributed by atoms with van der Waals surface area (Å²) < 4.78 is 4.93. The number of hydrogen-bond donors (Lipinski definition) is 2. The van der Waals surface area contributed by atoms with E-state index >= 15 is 0 Å². The number of nitrogens with one attached hydrogen (secondary N) is 2. The molecule has 1 aromatic rings. The summed E-state index contributed by atoms with van der Waals surface area (Å²) in [5.41, 5.74) is 0.710. The second-order valence-corrected chi connectivity index (χ2v) is 4.81. The molecule has 0 unspecified atom stereocenters. The molecule has 0 saturated carbocycles. The van der Waals surface area contributed by atoms with Gasteiger partial charge >= 0.3 is 0 Å². The van der Waals surface area contributed by atoms with Crippen molar-refractivity contribution in [2.75, 3.05) is 25.6 Å². The lowest BCUT2D eigenvalue weighted by atomic mass is 10.3. The lowest BCUT2D eigenvalue weighted by Crippen LogP contribution is -2.39. The molecule has 2 N–H and O–H groups in total. The third-order valence-corrected chi connectivity index (χ3v) is 2.58. The van der Waals surface area contributed by atoms with Crippen LogP contribution in [0.15, 0.2) is 18.2 Å². The van der Waals surface area contributed by atoms with E-state index in [1.807, 2.05) is 6.92 Å². The van der Waals surface area contributed by atoms with Gasteiger partial charge in [-0.2, -0.15) is 0 Å². The predicted octanol–water partition coefficient (Wildman–Crippen LogP) is 2.56. The average molecular weight is 291 g/mol. The van der Waals surface area contributed by atoms with Crippen LogP contribution in [0.1, 0.15) is 6.92 Å². The maximum absolute atomic E-state index is 11.6. The molecule has 0 saturated heterocycles. The lowest BCUT2D eigenvalue weighted by Gasteiger charge is -2.13. The Morgan fingerprint density at radius 1 is 1.33 bits per heavy atom. The van der Waals surface area contributed by atoms with Crippen LogP contribution in [0.4, 0.5) is 5.69 Å². The zero-order valence-electron chi connectivity index (χ0n) is 10.3. The molecule has 0 bridgehead atoms. The molecule has 0 spiro atoms. The fraction of sp³-hybridized carbons (Fsp3) is 0.417. The molecule has 6 heteroatoms. The number of methoxy groups -OCH3 is 1. The summed E-state index contributed by atoms with van der Waals surface area (Å²) >= 11 is 11.7. The lowest BCUT2D eigenvalue weighted by molar-refractivity contribution is -0.120. The highest BCUT2D eigenvalue weighted by molar-refractivity contribution is 6.35. The van der Waals surface area contributed by atoms with Crippen LogP contribution in [0.3, 0.4) is 0 Å². The Labute approximate surface area is 117 Å². The fourth-order valence-electron chi connectivity index (χ4n) is 1.46. The van der Waals surface area contributed by atoms with Crippen LogP contribution >= 0.6 is 23.2 Å². The van der Waals surface area contributed by atoms with Gasteiger partial charge in [-0.25, -0.2) is 0 Å². The summed E-state index contributed by atoms with van der Waals surface area (Å²) in [4.78, 5) is 11.6. The zero-order chi connectivity index (χ0) is 13.5. The van der Waals surface area contributed by atoms with Gasteiger partial charge in [-0.15, -0.1) is 0 Å². The Morgan fingerprint density at radius 3 is 2.50 bits per heavy atom. The van der Waals surface area contributed by atoms with Gasteiger partial charge in [0.2, 0.25) is 5.91 Å². The SMILES string of the molecule is COC[C@@H](C)NC(=O)CNc1cc(Cl)cc(Cl)c1. The molecule has 1 amide bonds. The van der Waals surface area contributed by atoms with Gasteiger partial charge in [0.05, 0.1) is 13.2 Å². The molecule has 0 aliphatic rings. The van der Waals surface area contributed by atoms with Crippen molar-refractivity contribution in [3.05, 3.63) is 28.2 Å². The number of anilines is 1. The van der Waals surface area contributed by atoms with Crippen molar-refractivity contribution in [3.63, 3.8) is 0 Å². The highest BCUT2D eigenvalue weighted by Gasteiger charge is 2.07. The summed E-state index contributed by atoms with van der Waals surface area (Å²) in [6, 6.07) is 5.03. The van der Waals surface area contributed by atoms with Crippen LogP contribution in [0.25, 0.3) is 0 Å². The van der Waals surface area contributed by atoms with Gasteiger partial charge in [0.25, 0.3) is 0 Å². The first-order valence-corrected chi connectivity index (χ1v) is 6.25. The van der Waals surface area contributed by atoms with E-state index in [1.54, 1.807) is 25.3 Å². The number of halogens is 2. The Morgan fingerprint density at radius 2 is 1.94 bits per heavy atom. The van der Waals surface area contributed by atoms with Gasteiger partial charge in [-0.05, 0) is 25.1 Å². The fourth-order valence-corrected chi connectivity index (χ4v) is 1.98. The molecule has 4 nitrogen and oxygen atoms in total. The Bertz CT molecular complexity index is 393. The zero-order valence-corrected chi connectivity index (χ0v) is 11.8. The molecule has 1 aromatic carbocycles. The largest absolute Gasteiger partial charge is 0.383 e. The smallest absolute Gasteiger partial charge is 0.239 e. The monoisotopic (exact) mass is 290 g/mol. The molecule has 0 aliphatic heterocycles. The van der Waals surface area contributed by atoms with Gasteiger partial charge in [0, 0.05) is 28.9 Å². The number of carbonyl (C=O) groups is 1. The van der Waals surface area contributed by atoms with Crippen molar-refractivity contribution in [2.24, 2.45) is 0 Å². The molecule has 0 heterocycles. The third kappa shape index (κ3) is 5.58. The molecule has 0 aliphatic carbocycles. The minimum Gasteiger partial charge on any atom is -0.383 e. The summed E-state index contributed by atoms with van der Waals surface area (Å²) in [5.74, 6) is -0.115. The molecule has 0 fully saturated rings. The second-order valence-electron chi connectivity index (χ2n) is 3.94. The molecule has 100 valence electrons. The highest BCUT2D eigenvalue weighted by Crippen LogP contribution is 2.22. The minimum atomic E-state index is -0.115. The van der Waals surface area contributed by atoms with Gasteiger partial charge < -0.3 is 15.4 Å². The van der Waals surface area contributed by atoms with Crippen molar-refractivity contribution in [1.82, 2.24) is 5.32 Å². The Balaban J connectivity index is 2.42. The number of amides is 1. The van der Waals surface area contributed by atoms with Gasteiger partial charge in [-0.3, -0.25) is 4.79 Å². The number of ether oxygens (including phenoxy) is 1. The van der Waals surface area contributed by atoms with Crippen molar-refractivity contribution in [2.45, 2.75) is 13.0 Å². The number of hydrogen-bond acceptors (Lipinski definition) is 3. The standard InChI is InChI=1S/C12H16Cl2N2O2/c1-8(7-18-2)16-12(17)6-15-11-4-9(13)3-10(14)5-11/h3-5,8,15H,6-7H2,1-2H3,(H,16,17)/t8-/m1/s1. The van der Waals surface area contributed by atoms with Crippen molar-refractivity contribution in [3.8, 4) is 0 Å². The van der Waals surface area contributed by atoms with Crippen molar-refractivity contribution < 1.29 is 9.53 Å². The average Bonchev–Trinajstić information content (AvgIpc) is 2.25. The Hall–Kier alpha value is -0.970. The number of benzene rings is 1. The topological polar surface area (TPSA) is 50.4 Å². The quantitative estimate of drug-likeness (QED) is 0.847.